The maximum Gasteiger partial charge on any atom is 0.246 e. The number of nitrogens with one attached hydrogen (secondary N) is 1. The zero-order valence-electron chi connectivity index (χ0n) is 17.7. The van der Waals surface area contributed by atoms with Crippen molar-refractivity contribution >= 4 is 44.8 Å². The molecule has 31 heavy (non-hydrogen) atoms. The van der Waals surface area contributed by atoms with Gasteiger partial charge in [-0.2, -0.15) is 4.31 Å². The average molecular weight is 485 g/mol. The van der Waals surface area contributed by atoms with Crippen molar-refractivity contribution in [2.24, 2.45) is 5.92 Å². The lowest BCUT2D eigenvalue weighted by molar-refractivity contribution is -0.120. The Balaban J connectivity index is 1.84. The van der Waals surface area contributed by atoms with Crippen LogP contribution >= 0.6 is 23.2 Å². The number of piperidine rings is 1. The summed E-state index contributed by atoms with van der Waals surface area (Å²) in [6.45, 7) is 4.41. The monoisotopic (exact) mass is 484 g/mol. The Hall–Kier alpha value is -1.80. The van der Waals surface area contributed by atoms with Crippen molar-refractivity contribution in [3.05, 3.63) is 52.0 Å². The summed E-state index contributed by atoms with van der Waals surface area (Å²) < 4.78 is 33.6. The minimum atomic E-state index is -3.84. The number of halogens is 2. The molecule has 1 saturated heterocycles. The van der Waals surface area contributed by atoms with E-state index in [1.807, 2.05) is 19.9 Å². The quantitative estimate of drug-likeness (QED) is 0.613. The molecule has 168 valence electrons. The minimum Gasteiger partial charge on any atom is -0.495 e. The van der Waals surface area contributed by atoms with Gasteiger partial charge >= 0.3 is 0 Å². The largest absolute Gasteiger partial charge is 0.495 e. The first kappa shape index (κ1) is 23.9. The van der Waals surface area contributed by atoms with Crippen LogP contribution in [0.15, 0.2) is 41.3 Å². The van der Waals surface area contributed by atoms with Crippen LogP contribution < -0.4 is 10.1 Å². The minimum absolute atomic E-state index is 0.0747. The summed E-state index contributed by atoms with van der Waals surface area (Å²) in [5.74, 6) is -0.369. The number of anilines is 1. The molecule has 1 atom stereocenters. The first-order chi connectivity index (χ1) is 14.6. The van der Waals surface area contributed by atoms with Crippen LogP contribution in [0.2, 0.25) is 10.0 Å². The second-order valence-electron chi connectivity index (χ2n) is 7.85. The molecule has 1 amide bonds. The normalized spacial score (nSPS) is 17.5. The summed E-state index contributed by atoms with van der Waals surface area (Å²) in [5, 5.41) is 3.42. The highest BCUT2D eigenvalue weighted by Crippen LogP contribution is 2.34. The average Bonchev–Trinajstić information content (AvgIpc) is 2.75. The summed E-state index contributed by atoms with van der Waals surface area (Å²) in [4.78, 5) is 13.0. The van der Waals surface area contributed by atoms with Gasteiger partial charge in [0.15, 0.2) is 0 Å². The maximum atomic E-state index is 13.4. The molecule has 1 aliphatic heterocycles. The maximum absolute atomic E-state index is 13.4. The molecule has 1 heterocycles. The highest BCUT2D eigenvalue weighted by atomic mass is 35.5. The highest BCUT2D eigenvalue weighted by molar-refractivity contribution is 7.89. The third kappa shape index (κ3) is 5.17. The number of amides is 1. The number of hydrogen-bond donors (Lipinski definition) is 1. The van der Waals surface area contributed by atoms with E-state index in [2.05, 4.69) is 5.32 Å². The number of nitrogens with zero attached hydrogens (tertiary/aromatic N) is 1. The third-order valence-corrected chi connectivity index (χ3v) is 7.95. The smallest absolute Gasteiger partial charge is 0.246 e. The molecular weight excluding hydrogens is 459 g/mol. The molecule has 1 fully saturated rings. The van der Waals surface area contributed by atoms with Gasteiger partial charge in [0.05, 0.1) is 28.8 Å². The number of rotatable bonds is 6. The molecule has 2 aromatic rings. The molecule has 9 heteroatoms. The van der Waals surface area contributed by atoms with Gasteiger partial charge in [0.1, 0.15) is 10.6 Å². The molecule has 2 aromatic carbocycles. The standard InChI is InChI=1S/C22H26Cl2N2O4S/c1-14(2)15-9-10-19(30-3)20(12-15)31(28,29)26-11-5-6-16(13-26)22(27)25-21-17(23)7-4-8-18(21)24/h4,7-10,12,14,16H,5-6,11,13H2,1-3H3,(H,25,27)/t16-/m1/s1. The zero-order valence-corrected chi connectivity index (χ0v) is 20.0. The first-order valence-corrected chi connectivity index (χ1v) is 12.3. The van der Waals surface area contributed by atoms with E-state index in [1.54, 1.807) is 30.3 Å². The Kier molecular flexibility index (Phi) is 7.52. The van der Waals surface area contributed by atoms with Gasteiger partial charge in [0.25, 0.3) is 0 Å². The molecular formula is C22H26Cl2N2O4S. The predicted octanol–water partition coefficient (Wildman–Crippen LogP) is 5.16. The van der Waals surface area contributed by atoms with Gasteiger partial charge < -0.3 is 10.1 Å². The second kappa shape index (κ2) is 9.77. The molecule has 0 bridgehead atoms. The summed E-state index contributed by atoms with van der Waals surface area (Å²) in [7, 11) is -2.39. The number of methoxy groups -OCH3 is 1. The van der Waals surface area contributed by atoms with E-state index < -0.39 is 15.9 Å². The molecule has 0 unspecified atom stereocenters. The SMILES string of the molecule is COc1ccc(C(C)C)cc1S(=O)(=O)N1CCC[C@@H](C(=O)Nc2c(Cl)cccc2Cl)C1. The van der Waals surface area contributed by atoms with Crippen molar-refractivity contribution < 1.29 is 17.9 Å². The van der Waals surface area contributed by atoms with Gasteiger partial charge in [-0.05, 0) is 48.6 Å². The number of benzene rings is 2. The van der Waals surface area contributed by atoms with Crippen molar-refractivity contribution in [2.45, 2.75) is 37.5 Å². The molecule has 0 aromatic heterocycles. The summed E-state index contributed by atoms with van der Waals surface area (Å²) in [6, 6.07) is 10.2. The number of hydrogen-bond acceptors (Lipinski definition) is 4. The zero-order chi connectivity index (χ0) is 22.8. The third-order valence-electron chi connectivity index (χ3n) is 5.44. The number of sulfonamides is 1. The van der Waals surface area contributed by atoms with Gasteiger partial charge in [-0.3, -0.25) is 4.79 Å². The Bertz CT molecular complexity index is 1050. The second-order valence-corrected chi connectivity index (χ2v) is 10.6. The van der Waals surface area contributed by atoms with E-state index >= 15 is 0 Å². The Morgan fingerprint density at radius 1 is 1.19 bits per heavy atom. The Labute approximate surface area is 193 Å². The number of para-hydroxylation sites is 1. The van der Waals surface area contributed by atoms with E-state index in [9.17, 15) is 13.2 Å². The van der Waals surface area contributed by atoms with Crippen LogP contribution in [-0.4, -0.2) is 38.8 Å². The van der Waals surface area contributed by atoms with Crippen LogP contribution in [0.1, 0.15) is 38.2 Å². The van der Waals surface area contributed by atoms with Crippen LogP contribution in [0.5, 0.6) is 5.75 Å². The van der Waals surface area contributed by atoms with Crippen LogP contribution in [-0.2, 0) is 14.8 Å². The van der Waals surface area contributed by atoms with Crippen LogP contribution in [0.25, 0.3) is 0 Å². The molecule has 3 rings (SSSR count). The molecule has 1 N–H and O–H groups in total. The van der Waals surface area contributed by atoms with Crippen LogP contribution in [0, 0.1) is 5.92 Å². The summed E-state index contributed by atoms with van der Waals surface area (Å²) in [5.41, 5.74) is 1.24. The number of ether oxygens (including phenoxy) is 1. The summed E-state index contributed by atoms with van der Waals surface area (Å²) in [6.07, 6.45) is 1.14. The fraction of sp³-hybridized carbons (Fsp3) is 0.409. The fourth-order valence-corrected chi connectivity index (χ4v) is 5.82. The number of carbonyl (C=O) groups excluding carboxylic acids is 1. The van der Waals surface area contributed by atoms with Gasteiger partial charge in [-0.1, -0.05) is 49.2 Å². The molecule has 0 saturated carbocycles. The molecule has 0 radical (unpaired) electrons. The highest BCUT2D eigenvalue weighted by Gasteiger charge is 2.35. The van der Waals surface area contributed by atoms with E-state index in [0.717, 1.165) is 5.56 Å². The summed E-state index contributed by atoms with van der Waals surface area (Å²) >= 11 is 12.3. The van der Waals surface area contributed by atoms with Crippen molar-refractivity contribution in [1.29, 1.82) is 0 Å². The van der Waals surface area contributed by atoms with Crippen molar-refractivity contribution in [3.8, 4) is 5.75 Å². The predicted molar refractivity (Wildman–Crippen MR) is 124 cm³/mol. The van der Waals surface area contributed by atoms with E-state index in [1.165, 1.54) is 11.4 Å². The van der Waals surface area contributed by atoms with Gasteiger partial charge in [0.2, 0.25) is 15.9 Å². The van der Waals surface area contributed by atoms with Crippen LogP contribution in [0.3, 0.4) is 0 Å². The fourth-order valence-electron chi connectivity index (χ4n) is 3.61. The molecule has 0 spiro atoms. The number of carbonyl (C=O) groups is 1. The molecule has 0 aliphatic carbocycles. The lowest BCUT2D eigenvalue weighted by atomic mass is 9.98. The van der Waals surface area contributed by atoms with Crippen molar-refractivity contribution in [2.75, 3.05) is 25.5 Å². The Morgan fingerprint density at radius 2 is 1.87 bits per heavy atom. The van der Waals surface area contributed by atoms with Crippen LogP contribution in [0.4, 0.5) is 5.69 Å². The van der Waals surface area contributed by atoms with E-state index in [0.29, 0.717) is 40.9 Å². The van der Waals surface area contributed by atoms with E-state index in [4.69, 9.17) is 27.9 Å². The molecule has 6 nitrogen and oxygen atoms in total. The van der Waals surface area contributed by atoms with Crippen molar-refractivity contribution in [1.82, 2.24) is 4.31 Å². The van der Waals surface area contributed by atoms with Gasteiger partial charge in [-0.15, -0.1) is 0 Å². The van der Waals surface area contributed by atoms with E-state index in [-0.39, 0.29) is 23.3 Å². The lowest BCUT2D eigenvalue weighted by Gasteiger charge is -2.31. The van der Waals surface area contributed by atoms with Gasteiger partial charge in [-0.25, -0.2) is 8.42 Å². The van der Waals surface area contributed by atoms with Gasteiger partial charge in [0, 0.05) is 13.1 Å². The molecule has 1 aliphatic rings. The first-order valence-electron chi connectivity index (χ1n) is 10.1. The lowest BCUT2D eigenvalue weighted by Crippen LogP contribution is -2.43. The topological polar surface area (TPSA) is 75.7 Å². The Morgan fingerprint density at radius 3 is 2.48 bits per heavy atom. The van der Waals surface area contributed by atoms with Crippen molar-refractivity contribution in [3.63, 3.8) is 0 Å².